The van der Waals surface area contributed by atoms with E-state index in [1.807, 2.05) is 6.92 Å². The van der Waals surface area contributed by atoms with E-state index < -0.39 is 23.5 Å². The summed E-state index contributed by atoms with van der Waals surface area (Å²) in [6.45, 7) is 2.53. The van der Waals surface area contributed by atoms with Gasteiger partial charge in [-0.15, -0.1) is 11.3 Å². The average Bonchev–Trinajstić information content (AvgIpc) is 3.11. The SMILES string of the molecule is CCCOc1ccc(-c2csc3nc(C(F)(F)F)c(C(=O)O)n23)cc1. The monoisotopic (exact) mass is 370 g/mol. The van der Waals surface area contributed by atoms with Crippen LogP contribution in [0.15, 0.2) is 29.6 Å². The highest BCUT2D eigenvalue weighted by molar-refractivity contribution is 7.15. The summed E-state index contributed by atoms with van der Waals surface area (Å²) in [6.07, 6.45) is -3.99. The van der Waals surface area contributed by atoms with Crippen molar-refractivity contribution in [2.45, 2.75) is 19.5 Å². The van der Waals surface area contributed by atoms with Crippen LogP contribution in [0.3, 0.4) is 0 Å². The molecule has 132 valence electrons. The number of thiazole rings is 1. The number of rotatable bonds is 5. The lowest BCUT2D eigenvalue weighted by molar-refractivity contribution is -0.141. The van der Waals surface area contributed by atoms with Crippen molar-refractivity contribution in [3.05, 3.63) is 41.0 Å². The number of fused-ring (bicyclic) bond motifs is 1. The molecule has 0 saturated heterocycles. The van der Waals surface area contributed by atoms with Crippen LogP contribution in [-0.2, 0) is 6.18 Å². The number of benzene rings is 1. The van der Waals surface area contributed by atoms with Gasteiger partial charge in [0.1, 0.15) is 5.75 Å². The molecule has 9 heteroatoms. The summed E-state index contributed by atoms with van der Waals surface area (Å²) in [5.41, 5.74) is -1.37. The lowest BCUT2D eigenvalue weighted by Gasteiger charge is -2.07. The lowest BCUT2D eigenvalue weighted by atomic mass is 10.1. The molecule has 0 amide bonds. The fraction of sp³-hybridized carbons (Fsp3) is 0.250. The molecule has 3 rings (SSSR count). The number of hydrogen-bond donors (Lipinski definition) is 1. The van der Waals surface area contributed by atoms with Gasteiger partial charge in [0.2, 0.25) is 0 Å². The zero-order valence-electron chi connectivity index (χ0n) is 13.0. The summed E-state index contributed by atoms with van der Waals surface area (Å²) in [6, 6.07) is 6.73. The molecule has 5 nitrogen and oxygen atoms in total. The molecule has 25 heavy (non-hydrogen) atoms. The Hall–Kier alpha value is -2.55. The first-order valence-corrected chi connectivity index (χ1v) is 8.24. The third-order valence-corrected chi connectivity index (χ3v) is 4.28. The highest BCUT2D eigenvalue weighted by Gasteiger charge is 2.41. The maximum atomic E-state index is 13.1. The molecule has 2 heterocycles. The molecule has 0 aliphatic carbocycles. The number of ether oxygens (including phenoxy) is 1. The van der Waals surface area contributed by atoms with Crippen molar-refractivity contribution < 1.29 is 27.8 Å². The molecule has 0 aliphatic rings. The molecule has 0 radical (unpaired) electrons. The van der Waals surface area contributed by atoms with Gasteiger partial charge in [-0.1, -0.05) is 6.92 Å². The molecule has 0 aliphatic heterocycles. The molecule has 2 aromatic heterocycles. The zero-order chi connectivity index (χ0) is 18.2. The van der Waals surface area contributed by atoms with E-state index in [0.29, 0.717) is 23.6 Å². The standard InChI is InChI=1S/C16H13F3N2O3S/c1-2-7-24-10-5-3-9(4-6-10)11-8-25-15-20-13(16(17,18)19)12(14(22)23)21(11)15/h3-6,8H,2,7H2,1H3,(H,22,23). The van der Waals surface area contributed by atoms with Gasteiger partial charge in [0, 0.05) is 5.38 Å². The quantitative estimate of drug-likeness (QED) is 0.715. The number of hydrogen-bond acceptors (Lipinski definition) is 4. The van der Waals surface area contributed by atoms with Gasteiger partial charge >= 0.3 is 12.1 Å². The van der Waals surface area contributed by atoms with Gasteiger partial charge in [0.25, 0.3) is 0 Å². The largest absolute Gasteiger partial charge is 0.494 e. The molecule has 0 spiro atoms. The third-order valence-electron chi connectivity index (χ3n) is 3.46. The lowest BCUT2D eigenvalue weighted by Crippen LogP contribution is -2.14. The van der Waals surface area contributed by atoms with Gasteiger partial charge in [-0.05, 0) is 36.2 Å². The summed E-state index contributed by atoms with van der Waals surface area (Å²) in [5, 5.41) is 10.9. The predicted octanol–water partition coefficient (Wildman–Crippen LogP) is 4.57. The van der Waals surface area contributed by atoms with Crippen LogP contribution in [0.4, 0.5) is 13.2 Å². The number of halogens is 3. The van der Waals surface area contributed by atoms with Crippen molar-refractivity contribution in [3.63, 3.8) is 0 Å². The number of alkyl halides is 3. The number of aromatic nitrogens is 2. The van der Waals surface area contributed by atoms with E-state index in [9.17, 15) is 23.1 Å². The molecule has 1 aromatic carbocycles. The average molecular weight is 370 g/mol. The van der Waals surface area contributed by atoms with Crippen molar-refractivity contribution in [3.8, 4) is 17.0 Å². The predicted molar refractivity (Wildman–Crippen MR) is 86.3 cm³/mol. The molecule has 0 bridgehead atoms. The van der Waals surface area contributed by atoms with Crippen LogP contribution in [0.5, 0.6) is 5.75 Å². The fourth-order valence-corrected chi connectivity index (χ4v) is 3.30. The van der Waals surface area contributed by atoms with Crippen molar-refractivity contribution in [1.29, 1.82) is 0 Å². The summed E-state index contributed by atoms with van der Waals surface area (Å²) in [4.78, 5) is 14.9. The summed E-state index contributed by atoms with van der Waals surface area (Å²) >= 11 is 0.953. The van der Waals surface area contributed by atoms with Crippen LogP contribution in [-0.4, -0.2) is 27.1 Å². The fourth-order valence-electron chi connectivity index (χ4n) is 2.40. The molecular formula is C16H13F3N2O3S. The minimum atomic E-state index is -4.84. The Bertz CT molecular complexity index is 913. The molecule has 1 N–H and O–H groups in total. The summed E-state index contributed by atoms with van der Waals surface area (Å²) < 4.78 is 45.7. The first-order valence-electron chi connectivity index (χ1n) is 7.36. The van der Waals surface area contributed by atoms with Gasteiger partial charge in [0.15, 0.2) is 16.3 Å². The highest BCUT2D eigenvalue weighted by atomic mass is 32.1. The number of aromatic carboxylic acids is 1. The number of carboxylic acids is 1. The van der Waals surface area contributed by atoms with E-state index >= 15 is 0 Å². The zero-order valence-corrected chi connectivity index (χ0v) is 13.8. The van der Waals surface area contributed by atoms with Crippen LogP contribution in [0.2, 0.25) is 0 Å². The second-order valence-corrected chi connectivity index (χ2v) is 6.06. The molecular weight excluding hydrogens is 357 g/mol. The Balaban J connectivity index is 2.11. The Morgan fingerprint density at radius 1 is 1.32 bits per heavy atom. The van der Waals surface area contributed by atoms with E-state index in [2.05, 4.69) is 4.98 Å². The number of carboxylic acid groups (broad SMARTS) is 1. The van der Waals surface area contributed by atoms with Gasteiger partial charge in [-0.3, -0.25) is 4.40 Å². The Labute approximate surface area is 144 Å². The minimum Gasteiger partial charge on any atom is -0.494 e. The maximum Gasteiger partial charge on any atom is 0.435 e. The topological polar surface area (TPSA) is 63.8 Å². The maximum absolute atomic E-state index is 13.1. The van der Waals surface area contributed by atoms with Gasteiger partial charge in [0.05, 0.1) is 12.3 Å². The van der Waals surface area contributed by atoms with Gasteiger partial charge in [-0.25, -0.2) is 9.78 Å². The van der Waals surface area contributed by atoms with Crippen molar-refractivity contribution in [2.75, 3.05) is 6.61 Å². The first-order chi connectivity index (χ1) is 11.8. The van der Waals surface area contributed by atoms with Crippen LogP contribution < -0.4 is 4.74 Å². The minimum absolute atomic E-state index is 0.0222. The molecule has 3 aromatic rings. The molecule has 0 fully saturated rings. The van der Waals surface area contributed by atoms with E-state index in [4.69, 9.17) is 4.74 Å². The van der Waals surface area contributed by atoms with Gasteiger partial charge < -0.3 is 9.84 Å². The number of imidazole rings is 1. The van der Waals surface area contributed by atoms with Crippen molar-refractivity contribution in [1.82, 2.24) is 9.38 Å². The normalized spacial score (nSPS) is 11.8. The van der Waals surface area contributed by atoms with Crippen LogP contribution >= 0.6 is 11.3 Å². The van der Waals surface area contributed by atoms with Gasteiger partial charge in [-0.2, -0.15) is 13.2 Å². The van der Waals surface area contributed by atoms with Crippen molar-refractivity contribution >= 4 is 22.3 Å². The summed E-state index contributed by atoms with van der Waals surface area (Å²) in [7, 11) is 0. The first kappa shape index (κ1) is 17.3. The molecule has 0 unspecified atom stereocenters. The number of carbonyl (C=O) groups is 1. The van der Waals surface area contributed by atoms with Crippen LogP contribution in [0, 0.1) is 0 Å². The van der Waals surface area contributed by atoms with Crippen LogP contribution in [0.1, 0.15) is 29.5 Å². The summed E-state index contributed by atoms with van der Waals surface area (Å²) in [5.74, 6) is -1.04. The van der Waals surface area contributed by atoms with E-state index in [1.54, 1.807) is 29.6 Å². The van der Waals surface area contributed by atoms with E-state index in [1.165, 1.54) is 0 Å². The Kier molecular flexibility index (Phi) is 4.42. The molecule has 0 saturated carbocycles. The van der Waals surface area contributed by atoms with E-state index in [-0.39, 0.29) is 4.96 Å². The Morgan fingerprint density at radius 2 is 2.00 bits per heavy atom. The van der Waals surface area contributed by atoms with Crippen LogP contribution in [0.25, 0.3) is 16.2 Å². The number of nitrogens with zero attached hydrogens (tertiary/aromatic N) is 2. The second kappa shape index (κ2) is 6.40. The smallest absolute Gasteiger partial charge is 0.435 e. The highest BCUT2D eigenvalue weighted by Crippen LogP contribution is 2.36. The molecule has 0 atom stereocenters. The van der Waals surface area contributed by atoms with E-state index in [0.717, 1.165) is 22.2 Å². The van der Waals surface area contributed by atoms with Crippen molar-refractivity contribution in [2.24, 2.45) is 0 Å². The second-order valence-electron chi connectivity index (χ2n) is 5.22. The third kappa shape index (κ3) is 3.19. The Morgan fingerprint density at radius 3 is 2.56 bits per heavy atom.